The van der Waals surface area contributed by atoms with E-state index in [0.29, 0.717) is 0 Å². The third kappa shape index (κ3) is 1.76. The topological polar surface area (TPSA) is 37.9 Å². The molecule has 0 aliphatic rings. The predicted octanol–water partition coefficient (Wildman–Crippen LogP) is 3.24. The fraction of sp³-hybridized carbons (Fsp3) is 0.0714. The first kappa shape index (κ1) is 9.90. The lowest BCUT2D eigenvalue weighted by atomic mass is 10.1. The third-order valence-electron chi connectivity index (χ3n) is 2.84. The number of nitrogens with zero attached hydrogens (tertiary/aromatic N) is 1. The maximum Gasteiger partial charge on any atom is 0.137 e. The fourth-order valence-corrected chi connectivity index (χ4v) is 1.92. The molecule has 2 aromatic heterocycles. The lowest BCUT2D eigenvalue weighted by molar-refractivity contribution is 0.413. The van der Waals surface area contributed by atoms with E-state index in [1.165, 1.54) is 5.39 Å². The summed E-state index contributed by atoms with van der Waals surface area (Å²) in [6.45, 7) is 0. The standard InChI is InChI=1S/C14H12N2O/c1-17-13-6-12(8-15-9-13)11-3-2-10-4-5-16-14(10)7-11/h2-9,16H,1H3. The first-order valence-corrected chi connectivity index (χ1v) is 5.43. The van der Waals surface area contributed by atoms with Gasteiger partial charge in [0.2, 0.25) is 0 Å². The average molecular weight is 224 g/mol. The molecule has 0 saturated heterocycles. The smallest absolute Gasteiger partial charge is 0.137 e. The summed E-state index contributed by atoms with van der Waals surface area (Å²) in [5.74, 6) is 0.772. The number of aromatic nitrogens is 2. The minimum atomic E-state index is 0.772. The number of ether oxygens (including phenoxy) is 1. The lowest BCUT2D eigenvalue weighted by Crippen LogP contribution is -1.86. The van der Waals surface area contributed by atoms with Crippen LogP contribution in [0.2, 0.25) is 0 Å². The zero-order valence-corrected chi connectivity index (χ0v) is 9.47. The molecule has 0 saturated carbocycles. The highest BCUT2D eigenvalue weighted by Gasteiger charge is 2.02. The number of hydrogen-bond donors (Lipinski definition) is 1. The Labute approximate surface area is 99.1 Å². The summed E-state index contributed by atoms with van der Waals surface area (Å²) in [5, 5.41) is 1.21. The normalized spacial score (nSPS) is 10.6. The zero-order valence-electron chi connectivity index (χ0n) is 9.47. The minimum Gasteiger partial charge on any atom is -0.495 e. The van der Waals surface area contributed by atoms with Crippen molar-refractivity contribution in [3.63, 3.8) is 0 Å². The molecule has 0 bridgehead atoms. The van der Waals surface area contributed by atoms with Crippen LogP contribution in [0.3, 0.4) is 0 Å². The van der Waals surface area contributed by atoms with Crippen molar-refractivity contribution in [3.05, 3.63) is 48.9 Å². The highest BCUT2D eigenvalue weighted by Crippen LogP contribution is 2.25. The molecule has 0 radical (unpaired) electrons. The van der Waals surface area contributed by atoms with E-state index >= 15 is 0 Å². The number of hydrogen-bond acceptors (Lipinski definition) is 2. The number of aromatic amines is 1. The molecule has 84 valence electrons. The van der Waals surface area contributed by atoms with Gasteiger partial charge in [-0.15, -0.1) is 0 Å². The van der Waals surface area contributed by atoms with Crippen LogP contribution in [0.15, 0.2) is 48.9 Å². The van der Waals surface area contributed by atoms with Gasteiger partial charge in [-0.2, -0.15) is 0 Å². The van der Waals surface area contributed by atoms with Crippen LogP contribution in [0.4, 0.5) is 0 Å². The van der Waals surface area contributed by atoms with E-state index in [0.717, 1.165) is 22.4 Å². The van der Waals surface area contributed by atoms with Crippen LogP contribution >= 0.6 is 0 Å². The van der Waals surface area contributed by atoms with Gasteiger partial charge >= 0.3 is 0 Å². The third-order valence-corrected chi connectivity index (χ3v) is 2.84. The van der Waals surface area contributed by atoms with E-state index in [2.05, 4.69) is 34.2 Å². The van der Waals surface area contributed by atoms with Gasteiger partial charge in [0.25, 0.3) is 0 Å². The van der Waals surface area contributed by atoms with Gasteiger partial charge in [0.1, 0.15) is 5.75 Å². The Balaban J connectivity index is 2.12. The molecule has 0 aliphatic carbocycles. The van der Waals surface area contributed by atoms with Crippen LogP contribution in [0.25, 0.3) is 22.0 Å². The van der Waals surface area contributed by atoms with Crippen LogP contribution < -0.4 is 4.74 Å². The molecule has 0 atom stereocenters. The molecule has 1 aromatic carbocycles. The lowest BCUT2D eigenvalue weighted by Gasteiger charge is -2.04. The van der Waals surface area contributed by atoms with E-state index < -0.39 is 0 Å². The van der Waals surface area contributed by atoms with Crippen LogP contribution in [0.1, 0.15) is 0 Å². The Bertz CT molecular complexity index is 658. The van der Waals surface area contributed by atoms with Crippen LogP contribution in [0, 0.1) is 0 Å². The van der Waals surface area contributed by atoms with Crippen molar-refractivity contribution in [2.45, 2.75) is 0 Å². The summed E-state index contributed by atoms with van der Waals surface area (Å²) in [6, 6.07) is 10.3. The summed E-state index contributed by atoms with van der Waals surface area (Å²) in [6.07, 6.45) is 5.49. The zero-order chi connectivity index (χ0) is 11.7. The first-order valence-electron chi connectivity index (χ1n) is 5.43. The molecule has 3 heteroatoms. The van der Waals surface area contributed by atoms with Gasteiger partial charge in [0.05, 0.1) is 13.3 Å². The Morgan fingerprint density at radius 1 is 1.06 bits per heavy atom. The molecular formula is C14H12N2O. The van der Waals surface area contributed by atoms with Gasteiger partial charge in [-0.1, -0.05) is 12.1 Å². The Morgan fingerprint density at radius 2 is 2.00 bits per heavy atom. The molecule has 2 heterocycles. The molecule has 0 fully saturated rings. The number of rotatable bonds is 2. The summed E-state index contributed by atoms with van der Waals surface area (Å²) in [5.41, 5.74) is 3.32. The molecule has 1 N–H and O–H groups in total. The second-order valence-electron chi connectivity index (χ2n) is 3.89. The summed E-state index contributed by atoms with van der Waals surface area (Å²) in [4.78, 5) is 7.37. The largest absolute Gasteiger partial charge is 0.495 e. The second-order valence-corrected chi connectivity index (χ2v) is 3.89. The fourth-order valence-electron chi connectivity index (χ4n) is 1.92. The molecule has 3 rings (SSSR count). The Hall–Kier alpha value is -2.29. The number of benzene rings is 1. The molecule has 17 heavy (non-hydrogen) atoms. The Morgan fingerprint density at radius 3 is 2.88 bits per heavy atom. The van der Waals surface area contributed by atoms with Crippen LogP contribution in [-0.2, 0) is 0 Å². The van der Waals surface area contributed by atoms with Gasteiger partial charge in [-0.3, -0.25) is 4.98 Å². The van der Waals surface area contributed by atoms with Gasteiger partial charge in [0, 0.05) is 23.5 Å². The molecule has 0 amide bonds. The highest BCUT2D eigenvalue weighted by molar-refractivity contribution is 5.84. The van der Waals surface area contributed by atoms with Gasteiger partial charge in [-0.25, -0.2) is 0 Å². The minimum absolute atomic E-state index is 0.772. The van der Waals surface area contributed by atoms with E-state index in [9.17, 15) is 0 Å². The van der Waals surface area contributed by atoms with Crippen LogP contribution in [-0.4, -0.2) is 17.1 Å². The van der Waals surface area contributed by atoms with Gasteiger partial charge < -0.3 is 9.72 Å². The Kier molecular flexibility index (Phi) is 2.29. The van der Waals surface area contributed by atoms with E-state index in [-0.39, 0.29) is 0 Å². The van der Waals surface area contributed by atoms with Crippen molar-refractivity contribution in [2.24, 2.45) is 0 Å². The molecule has 0 aliphatic heterocycles. The summed E-state index contributed by atoms with van der Waals surface area (Å²) in [7, 11) is 1.65. The first-order chi connectivity index (χ1) is 8.36. The summed E-state index contributed by atoms with van der Waals surface area (Å²) < 4.78 is 5.18. The van der Waals surface area contributed by atoms with E-state index in [4.69, 9.17) is 4.74 Å². The highest BCUT2D eigenvalue weighted by atomic mass is 16.5. The number of nitrogens with one attached hydrogen (secondary N) is 1. The molecule has 0 unspecified atom stereocenters. The maximum absolute atomic E-state index is 5.18. The van der Waals surface area contributed by atoms with Crippen molar-refractivity contribution in [2.75, 3.05) is 7.11 Å². The van der Waals surface area contributed by atoms with Gasteiger partial charge in [0.15, 0.2) is 0 Å². The van der Waals surface area contributed by atoms with Crippen LogP contribution in [0.5, 0.6) is 5.75 Å². The molecule has 3 nitrogen and oxygen atoms in total. The van der Waals surface area contributed by atoms with Crippen molar-refractivity contribution in [3.8, 4) is 16.9 Å². The maximum atomic E-state index is 5.18. The number of fused-ring (bicyclic) bond motifs is 1. The van der Waals surface area contributed by atoms with Crippen molar-refractivity contribution >= 4 is 10.9 Å². The van der Waals surface area contributed by atoms with Crippen molar-refractivity contribution in [1.82, 2.24) is 9.97 Å². The summed E-state index contributed by atoms with van der Waals surface area (Å²) >= 11 is 0. The van der Waals surface area contributed by atoms with Crippen molar-refractivity contribution in [1.29, 1.82) is 0 Å². The SMILES string of the molecule is COc1cncc(-c2ccc3cc[nH]c3c2)c1. The van der Waals surface area contributed by atoms with Gasteiger partial charge in [-0.05, 0) is 29.1 Å². The predicted molar refractivity (Wildman–Crippen MR) is 68.1 cm³/mol. The quantitative estimate of drug-likeness (QED) is 0.725. The number of H-pyrrole nitrogens is 1. The number of methoxy groups -OCH3 is 1. The molecular weight excluding hydrogens is 212 g/mol. The molecule has 3 aromatic rings. The van der Waals surface area contributed by atoms with E-state index in [1.807, 2.05) is 18.5 Å². The monoisotopic (exact) mass is 224 g/mol. The van der Waals surface area contributed by atoms with Crippen molar-refractivity contribution < 1.29 is 4.74 Å². The average Bonchev–Trinajstić information content (AvgIpc) is 2.86. The number of pyridine rings is 1. The second kappa shape index (κ2) is 3.94. The molecule has 0 spiro atoms. The van der Waals surface area contributed by atoms with E-state index in [1.54, 1.807) is 13.3 Å².